The number of nitrogens with zero attached hydrogens (tertiary/aromatic N) is 3. The lowest BCUT2D eigenvalue weighted by Crippen LogP contribution is -2.42. The van der Waals surface area contributed by atoms with Crippen LogP contribution in [0.1, 0.15) is 12.8 Å². The van der Waals surface area contributed by atoms with Crippen LogP contribution in [0.5, 0.6) is 0 Å². The van der Waals surface area contributed by atoms with Crippen LogP contribution in [0, 0.1) is 10.1 Å². The lowest BCUT2D eigenvalue weighted by atomic mass is 10.1. The Hall–Kier alpha value is -2.34. The zero-order valence-electron chi connectivity index (χ0n) is 12.5. The van der Waals surface area contributed by atoms with E-state index in [4.69, 9.17) is 11.6 Å². The highest BCUT2D eigenvalue weighted by molar-refractivity contribution is 6.33. The third-order valence-corrected chi connectivity index (χ3v) is 4.16. The molecule has 1 N–H and O–H groups in total. The molecule has 0 bridgehead atoms. The highest BCUT2D eigenvalue weighted by Crippen LogP contribution is 2.29. The Morgan fingerprint density at radius 2 is 2.13 bits per heavy atom. The number of nitrogens with one attached hydrogen (secondary N) is 1. The fourth-order valence-corrected chi connectivity index (χ4v) is 3.09. The summed E-state index contributed by atoms with van der Waals surface area (Å²) in [5.41, 5.74) is 0.997. The van der Waals surface area contributed by atoms with Crippen molar-refractivity contribution < 1.29 is 4.92 Å². The number of rotatable bonds is 4. The molecule has 2 aromatic rings. The molecule has 2 heterocycles. The van der Waals surface area contributed by atoms with Crippen molar-refractivity contribution in [1.82, 2.24) is 4.98 Å². The first-order valence-corrected chi connectivity index (χ1v) is 7.88. The first-order chi connectivity index (χ1) is 11.1. The summed E-state index contributed by atoms with van der Waals surface area (Å²) < 4.78 is 0. The van der Waals surface area contributed by atoms with Gasteiger partial charge in [-0.1, -0.05) is 29.8 Å². The molecule has 0 spiro atoms. The molecule has 23 heavy (non-hydrogen) atoms. The first-order valence-electron chi connectivity index (χ1n) is 7.50. The number of anilines is 2. The smallest absolute Gasteiger partial charge is 0.289 e. The predicted octanol–water partition coefficient (Wildman–Crippen LogP) is 3.72. The maximum atomic E-state index is 10.8. The lowest BCUT2D eigenvalue weighted by Gasteiger charge is -2.34. The second-order valence-electron chi connectivity index (χ2n) is 5.55. The molecule has 0 saturated carbocycles. The van der Waals surface area contributed by atoms with E-state index in [-0.39, 0.29) is 5.69 Å². The fraction of sp³-hybridized carbons (Fsp3) is 0.312. The summed E-state index contributed by atoms with van der Waals surface area (Å²) in [7, 11) is 0. The maximum Gasteiger partial charge on any atom is 0.289 e. The van der Waals surface area contributed by atoms with E-state index < -0.39 is 4.92 Å². The van der Waals surface area contributed by atoms with Crippen molar-refractivity contribution in [2.24, 2.45) is 0 Å². The van der Waals surface area contributed by atoms with Crippen LogP contribution in [0.25, 0.3) is 0 Å². The van der Waals surface area contributed by atoms with E-state index in [1.165, 1.54) is 12.3 Å². The van der Waals surface area contributed by atoms with Crippen molar-refractivity contribution in [3.63, 3.8) is 0 Å². The number of benzene rings is 1. The van der Waals surface area contributed by atoms with Gasteiger partial charge in [0.05, 0.1) is 9.95 Å². The molecule has 0 radical (unpaired) electrons. The normalized spacial score (nSPS) is 17.8. The Labute approximate surface area is 139 Å². The van der Waals surface area contributed by atoms with Crippen molar-refractivity contribution in [1.29, 1.82) is 0 Å². The molecule has 1 atom stereocenters. The summed E-state index contributed by atoms with van der Waals surface area (Å²) in [6, 6.07) is 11.7. The number of pyridine rings is 1. The summed E-state index contributed by atoms with van der Waals surface area (Å²) in [6.45, 7) is 1.61. The molecule has 1 aliphatic rings. The molecule has 1 fully saturated rings. The highest BCUT2D eigenvalue weighted by Gasteiger charge is 2.23. The van der Waals surface area contributed by atoms with Crippen LogP contribution in [0.15, 0.2) is 42.6 Å². The SMILES string of the molecule is O=[N+]([O-])c1cnc(N2CCCC(Nc3ccccc3)C2)c(Cl)c1. The van der Waals surface area contributed by atoms with Gasteiger partial charge >= 0.3 is 0 Å². The Balaban J connectivity index is 1.72. The summed E-state index contributed by atoms with van der Waals surface area (Å²) in [5.74, 6) is 0.608. The van der Waals surface area contributed by atoms with Crippen LogP contribution < -0.4 is 10.2 Å². The van der Waals surface area contributed by atoms with Crippen LogP contribution >= 0.6 is 11.6 Å². The summed E-state index contributed by atoms with van der Waals surface area (Å²) in [6.07, 6.45) is 3.34. The van der Waals surface area contributed by atoms with E-state index in [1.54, 1.807) is 0 Å². The van der Waals surface area contributed by atoms with E-state index in [9.17, 15) is 10.1 Å². The van der Waals surface area contributed by atoms with E-state index in [0.717, 1.165) is 31.6 Å². The molecule has 7 heteroatoms. The van der Waals surface area contributed by atoms with Gasteiger partial charge in [0.25, 0.3) is 5.69 Å². The van der Waals surface area contributed by atoms with Gasteiger partial charge in [-0.2, -0.15) is 0 Å². The molecule has 120 valence electrons. The van der Waals surface area contributed by atoms with E-state index in [0.29, 0.717) is 16.9 Å². The van der Waals surface area contributed by atoms with Gasteiger partial charge in [0, 0.05) is 30.9 Å². The zero-order valence-corrected chi connectivity index (χ0v) is 13.2. The quantitative estimate of drug-likeness (QED) is 0.682. The topological polar surface area (TPSA) is 71.3 Å². The fourth-order valence-electron chi connectivity index (χ4n) is 2.81. The molecule has 1 aromatic heterocycles. The van der Waals surface area contributed by atoms with Crippen LogP contribution in [0.4, 0.5) is 17.2 Å². The minimum absolute atomic E-state index is 0.0882. The third kappa shape index (κ3) is 3.71. The van der Waals surface area contributed by atoms with E-state index in [1.807, 2.05) is 30.3 Å². The van der Waals surface area contributed by atoms with Gasteiger partial charge in [0.1, 0.15) is 12.0 Å². The van der Waals surface area contributed by atoms with Crippen molar-refractivity contribution >= 4 is 28.8 Å². The van der Waals surface area contributed by atoms with Crippen LogP contribution in [-0.4, -0.2) is 29.0 Å². The molecule has 0 amide bonds. The van der Waals surface area contributed by atoms with Gasteiger partial charge in [-0.25, -0.2) is 4.98 Å². The molecular weight excluding hydrogens is 316 g/mol. The van der Waals surface area contributed by atoms with E-state index >= 15 is 0 Å². The number of nitro groups is 1. The van der Waals surface area contributed by atoms with Gasteiger partial charge in [-0.15, -0.1) is 0 Å². The summed E-state index contributed by atoms with van der Waals surface area (Å²) >= 11 is 6.19. The maximum absolute atomic E-state index is 10.8. The Kier molecular flexibility index (Phi) is 4.62. The second-order valence-corrected chi connectivity index (χ2v) is 5.96. The van der Waals surface area contributed by atoms with Crippen LogP contribution in [0.2, 0.25) is 5.02 Å². The highest BCUT2D eigenvalue weighted by atomic mass is 35.5. The predicted molar refractivity (Wildman–Crippen MR) is 91.2 cm³/mol. The standard InChI is InChI=1S/C16H17ClN4O2/c17-15-9-14(21(22)23)10-18-16(15)20-8-4-7-13(11-20)19-12-5-2-1-3-6-12/h1-3,5-6,9-10,13,19H,4,7-8,11H2. The largest absolute Gasteiger partial charge is 0.381 e. The molecule has 1 unspecified atom stereocenters. The Bertz CT molecular complexity index is 696. The van der Waals surface area contributed by atoms with Crippen molar-refractivity contribution in [2.45, 2.75) is 18.9 Å². The van der Waals surface area contributed by atoms with Crippen molar-refractivity contribution in [3.8, 4) is 0 Å². The number of aromatic nitrogens is 1. The minimum atomic E-state index is -0.487. The van der Waals surface area contributed by atoms with Crippen molar-refractivity contribution in [2.75, 3.05) is 23.3 Å². The van der Waals surface area contributed by atoms with Crippen LogP contribution in [-0.2, 0) is 0 Å². The number of hydrogen-bond acceptors (Lipinski definition) is 5. The molecule has 1 aromatic carbocycles. The monoisotopic (exact) mass is 332 g/mol. The number of piperidine rings is 1. The lowest BCUT2D eigenvalue weighted by molar-refractivity contribution is -0.385. The molecule has 1 saturated heterocycles. The second kappa shape index (κ2) is 6.83. The zero-order chi connectivity index (χ0) is 16.2. The minimum Gasteiger partial charge on any atom is -0.381 e. The van der Waals surface area contributed by atoms with Gasteiger partial charge < -0.3 is 10.2 Å². The average Bonchev–Trinajstić information content (AvgIpc) is 2.56. The third-order valence-electron chi connectivity index (χ3n) is 3.88. The van der Waals surface area contributed by atoms with Gasteiger partial charge in [0.2, 0.25) is 0 Å². The van der Waals surface area contributed by atoms with Crippen LogP contribution in [0.3, 0.4) is 0 Å². The number of hydrogen-bond donors (Lipinski definition) is 1. The van der Waals surface area contributed by atoms with Gasteiger partial charge in [-0.05, 0) is 25.0 Å². The average molecular weight is 333 g/mol. The van der Waals surface area contributed by atoms with Gasteiger partial charge in [-0.3, -0.25) is 10.1 Å². The summed E-state index contributed by atoms with van der Waals surface area (Å²) in [4.78, 5) is 16.6. The van der Waals surface area contributed by atoms with Gasteiger partial charge in [0.15, 0.2) is 0 Å². The number of para-hydroxylation sites is 1. The molecule has 3 rings (SSSR count). The molecular formula is C16H17ClN4O2. The molecule has 1 aliphatic heterocycles. The van der Waals surface area contributed by atoms with E-state index in [2.05, 4.69) is 15.2 Å². The Morgan fingerprint density at radius 3 is 2.83 bits per heavy atom. The molecule has 6 nitrogen and oxygen atoms in total. The number of halogens is 1. The van der Waals surface area contributed by atoms with Crippen molar-refractivity contribution in [3.05, 3.63) is 57.7 Å². The molecule has 0 aliphatic carbocycles. The Morgan fingerprint density at radius 1 is 1.35 bits per heavy atom. The first kappa shape index (κ1) is 15.6. The summed E-state index contributed by atoms with van der Waals surface area (Å²) in [5, 5.41) is 14.6.